The van der Waals surface area contributed by atoms with Crippen molar-refractivity contribution in [2.75, 3.05) is 13.2 Å². The molecule has 0 aromatic carbocycles. The molecule has 0 saturated carbocycles. The largest absolute Gasteiger partial charge is 0.462 e. The molecule has 0 aliphatic carbocycles. The molecule has 0 fully saturated rings. The normalized spacial score (nSPS) is 12.7. The summed E-state index contributed by atoms with van der Waals surface area (Å²) < 4.78 is 17.0. The molecule has 0 spiro atoms. The van der Waals surface area contributed by atoms with E-state index in [4.69, 9.17) is 14.2 Å². The number of ether oxygens (including phenoxy) is 3. The molecule has 0 saturated heterocycles. The van der Waals surface area contributed by atoms with Crippen molar-refractivity contribution in [3.8, 4) is 0 Å². The number of carbonyl (C=O) groups excluding carboxylic acids is 3. The zero-order valence-electron chi connectivity index (χ0n) is 54.9. The molecule has 0 N–H and O–H groups in total. The van der Waals surface area contributed by atoms with Crippen LogP contribution in [0.1, 0.15) is 355 Å². The molecule has 0 aromatic heterocycles. The van der Waals surface area contributed by atoms with Crippen LogP contribution in [0, 0.1) is 0 Å². The van der Waals surface area contributed by atoms with Gasteiger partial charge in [-0.15, -0.1) is 0 Å². The second kappa shape index (κ2) is 70.8. The van der Waals surface area contributed by atoms with Crippen molar-refractivity contribution in [3.05, 3.63) is 97.2 Å². The van der Waals surface area contributed by atoms with Gasteiger partial charge < -0.3 is 14.2 Å². The highest BCUT2D eigenvalue weighted by Gasteiger charge is 2.19. The van der Waals surface area contributed by atoms with Crippen LogP contribution in [-0.2, 0) is 28.6 Å². The summed E-state index contributed by atoms with van der Waals surface area (Å²) in [7, 11) is 0. The minimum atomic E-state index is -0.782. The third-order valence-corrected chi connectivity index (χ3v) is 15.6. The quantitative estimate of drug-likeness (QED) is 0.0261. The van der Waals surface area contributed by atoms with E-state index in [-0.39, 0.29) is 31.1 Å². The molecule has 0 radical (unpaired) electrons. The Hall–Kier alpha value is -3.67. The van der Waals surface area contributed by atoms with Crippen LogP contribution >= 0.6 is 0 Å². The molecule has 6 heteroatoms. The van der Waals surface area contributed by atoms with E-state index in [1.165, 1.54) is 193 Å². The van der Waals surface area contributed by atoms with Crippen molar-refractivity contribution >= 4 is 17.9 Å². The Morgan fingerprint density at radius 3 is 0.735 bits per heavy atom. The van der Waals surface area contributed by atoms with Gasteiger partial charge in [-0.05, 0) is 83.5 Å². The van der Waals surface area contributed by atoms with Crippen molar-refractivity contribution in [2.45, 2.75) is 361 Å². The fourth-order valence-electron chi connectivity index (χ4n) is 10.3. The predicted molar refractivity (Wildman–Crippen MR) is 362 cm³/mol. The Morgan fingerprint density at radius 2 is 0.470 bits per heavy atom. The maximum atomic E-state index is 13.0. The van der Waals surface area contributed by atoms with Gasteiger partial charge in [-0.3, -0.25) is 14.4 Å². The Bertz CT molecular complexity index is 1610. The van der Waals surface area contributed by atoms with E-state index in [0.29, 0.717) is 19.3 Å². The summed E-state index contributed by atoms with van der Waals surface area (Å²) in [5, 5.41) is 0. The fourth-order valence-corrected chi connectivity index (χ4v) is 10.3. The Morgan fingerprint density at radius 1 is 0.253 bits per heavy atom. The maximum absolute atomic E-state index is 13.0. The summed E-state index contributed by atoms with van der Waals surface area (Å²) in [5.41, 5.74) is 0. The summed E-state index contributed by atoms with van der Waals surface area (Å²) in [6.45, 7) is 6.57. The zero-order chi connectivity index (χ0) is 59.9. The second-order valence-corrected chi connectivity index (χ2v) is 23.8. The molecule has 83 heavy (non-hydrogen) atoms. The standard InChI is InChI=1S/C77H134O6/c1-4-7-10-13-16-19-22-25-28-30-32-34-35-36-37-38-39-40-41-42-43-44-46-47-49-52-55-58-61-64-67-70-76(79)82-73-74(72-81-75(78)69-66-63-60-57-54-51-27-24-21-18-15-12-9-6-3)83-77(80)71-68-65-62-59-56-53-50-48-45-33-31-29-26-23-20-17-14-11-8-5-2/h7,10,16,19,25,28,32,34,36-37,39-40,42-43,46-47,74H,4-6,8-9,11-15,17-18,20-24,26-27,29-31,33,35,38,41,44-45,48-73H2,1-3H3/b10-7-,19-16-,28-25-,34-32-,37-36-,40-39-,43-42-,47-46-. The first-order valence-corrected chi connectivity index (χ1v) is 35.7. The molecule has 0 heterocycles. The Labute approximate surface area is 515 Å². The Kier molecular flexibility index (Phi) is 67.7. The molecule has 6 nitrogen and oxygen atoms in total. The highest BCUT2D eigenvalue weighted by molar-refractivity contribution is 5.71. The topological polar surface area (TPSA) is 78.9 Å². The van der Waals surface area contributed by atoms with Gasteiger partial charge in [0.25, 0.3) is 0 Å². The number of carbonyl (C=O) groups is 3. The lowest BCUT2D eigenvalue weighted by Crippen LogP contribution is -2.30. The van der Waals surface area contributed by atoms with Crippen LogP contribution in [0.25, 0.3) is 0 Å². The Balaban J connectivity index is 4.32. The van der Waals surface area contributed by atoms with E-state index in [1.54, 1.807) is 0 Å². The minimum absolute atomic E-state index is 0.0767. The van der Waals surface area contributed by atoms with Gasteiger partial charge in [0.2, 0.25) is 0 Å². The van der Waals surface area contributed by atoms with Crippen molar-refractivity contribution < 1.29 is 28.6 Å². The molecule has 0 rings (SSSR count). The molecular weight excluding hydrogens is 1020 g/mol. The maximum Gasteiger partial charge on any atom is 0.306 e. The lowest BCUT2D eigenvalue weighted by Gasteiger charge is -2.18. The fraction of sp³-hybridized carbons (Fsp3) is 0.753. The van der Waals surface area contributed by atoms with Crippen LogP contribution in [-0.4, -0.2) is 37.2 Å². The van der Waals surface area contributed by atoms with E-state index >= 15 is 0 Å². The van der Waals surface area contributed by atoms with Gasteiger partial charge >= 0.3 is 17.9 Å². The molecule has 0 aromatic rings. The third-order valence-electron chi connectivity index (χ3n) is 15.6. The number of esters is 3. The van der Waals surface area contributed by atoms with Crippen LogP contribution in [0.4, 0.5) is 0 Å². The molecule has 1 atom stereocenters. The van der Waals surface area contributed by atoms with Gasteiger partial charge in [-0.1, -0.05) is 349 Å². The highest BCUT2D eigenvalue weighted by atomic mass is 16.6. The zero-order valence-corrected chi connectivity index (χ0v) is 54.9. The average molecular weight is 1160 g/mol. The number of hydrogen-bond acceptors (Lipinski definition) is 6. The second-order valence-electron chi connectivity index (χ2n) is 23.8. The molecule has 0 aliphatic heterocycles. The molecule has 0 amide bonds. The summed E-state index contributed by atoms with van der Waals surface area (Å²) in [5.74, 6) is -0.871. The lowest BCUT2D eigenvalue weighted by atomic mass is 10.0. The minimum Gasteiger partial charge on any atom is -0.462 e. The van der Waals surface area contributed by atoms with Gasteiger partial charge in [0, 0.05) is 19.3 Å². The first kappa shape index (κ1) is 79.3. The van der Waals surface area contributed by atoms with Gasteiger partial charge in [-0.25, -0.2) is 0 Å². The van der Waals surface area contributed by atoms with E-state index < -0.39 is 6.10 Å². The van der Waals surface area contributed by atoms with Crippen LogP contribution in [0.2, 0.25) is 0 Å². The van der Waals surface area contributed by atoms with Crippen molar-refractivity contribution in [2.24, 2.45) is 0 Å². The smallest absolute Gasteiger partial charge is 0.306 e. The molecule has 1 unspecified atom stereocenters. The van der Waals surface area contributed by atoms with Crippen molar-refractivity contribution in [3.63, 3.8) is 0 Å². The highest BCUT2D eigenvalue weighted by Crippen LogP contribution is 2.18. The average Bonchev–Trinajstić information content (AvgIpc) is 3.49. The molecule has 0 bridgehead atoms. The van der Waals surface area contributed by atoms with Crippen LogP contribution in [0.3, 0.4) is 0 Å². The predicted octanol–water partition coefficient (Wildman–Crippen LogP) is 24.8. The third kappa shape index (κ3) is 69.0. The molecule has 478 valence electrons. The summed E-state index contributed by atoms with van der Waals surface area (Å²) >= 11 is 0. The van der Waals surface area contributed by atoms with E-state index in [1.807, 2.05) is 0 Å². The van der Waals surface area contributed by atoms with E-state index in [2.05, 4.69) is 118 Å². The summed E-state index contributed by atoms with van der Waals surface area (Å²) in [6.07, 6.45) is 95.7. The van der Waals surface area contributed by atoms with E-state index in [0.717, 1.165) is 122 Å². The molecular formula is C77H134O6. The number of unbranched alkanes of at least 4 members (excludes halogenated alkanes) is 38. The monoisotopic (exact) mass is 1160 g/mol. The number of hydrogen-bond donors (Lipinski definition) is 0. The van der Waals surface area contributed by atoms with Gasteiger partial charge in [0.1, 0.15) is 13.2 Å². The van der Waals surface area contributed by atoms with Gasteiger partial charge in [0.15, 0.2) is 6.10 Å². The van der Waals surface area contributed by atoms with Gasteiger partial charge in [-0.2, -0.15) is 0 Å². The number of rotatable bonds is 65. The summed E-state index contributed by atoms with van der Waals surface area (Å²) in [4.78, 5) is 38.4. The first-order valence-electron chi connectivity index (χ1n) is 35.7. The number of allylic oxidation sites excluding steroid dienone is 16. The summed E-state index contributed by atoms with van der Waals surface area (Å²) in [6, 6.07) is 0. The van der Waals surface area contributed by atoms with Crippen molar-refractivity contribution in [1.29, 1.82) is 0 Å². The van der Waals surface area contributed by atoms with Crippen LogP contribution in [0.15, 0.2) is 97.2 Å². The molecule has 0 aliphatic rings. The van der Waals surface area contributed by atoms with Gasteiger partial charge in [0.05, 0.1) is 0 Å². The SMILES string of the molecule is CC/C=C\C/C=C\C/C=C\C/C=C\C/C=C\C/C=C\C/C=C\C/C=C\CCCCCCCCC(=O)OCC(COC(=O)CCCCCCCCCCCCCCCC)OC(=O)CCCCCCCCCCCCCCCCCCCCCC. The van der Waals surface area contributed by atoms with Crippen LogP contribution in [0.5, 0.6) is 0 Å². The van der Waals surface area contributed by atoms with E-state index in [9.17, 15) is 14.4 Å². The van der Waals surface area contributed by atoms with Crippen LogP contribution < -0.4 is 0 Å². The first-order chi connectivity index (χ1) is 41.0. The lowest BCUT2D eigenvalue weighted by molar-refractivity contribution is -0.167. The van der Waals surface area contributed by atoms with Crippen molar-refractivity contribution in [1.82, 2.24) is 0 Å².